The van der Waals surface area contributed by atoms with Crippen LogP contribution in [-0.4, -0.2) is 14.8 Å². The van der Waals surface area contributed by atoms with Crippen molar-refractivity contribution in [2.75, 3.05) is 0 Å². The third kappa shape index (κ3) is 1.67. The first-order valence-corrected chi connectivity index (χ1v) is 5.91. The largest absolute Gasteiger partial charge is 0.324 e. The van der Waals surface area contributed by atoms with Gasteiger partial charge in [-0.2, -0.15) is 5.10 Å². The molecule has 3 aromatic rings. The quantitative estimate of drug-likeness (QED) is 0.746. The van der Waals surface area contributed by atoms with Gasteiger partial charge in [0.2, 0.25) is 0 Å². The zero-order chi connectivity index (χ0) is 12.5. The lowest BCUT2D eigenvalue weighted by Gasteiger charge is -2.11. The molecule has 0 aliphatic rings. The van der Waals surface area contributed by atoms with Crippen LogP contribution in [-0.2, 0) is 0 Å². The number of fused-ring (bicyclic) bond motifs is 1. The third-order valence-electron chi connectivity index (χ3n) is 2.99. The molecule has 0 unspecified atom stereocenters. The van der Waals surface area contributed by atoms with Gasteiger partial charge in [-0.05, 0) is 19.1 Å². The third-order valence-corrected chi connectivity index (χ3v) is 2.99. The van der Waals surface area contributed by atoms with E-state index in [1.54, 1.807) is 6.20 Å². The maximum atomic E-state index is 5.98. The highest BCUT2D eigenvalue weighted by Gasteiger charge is 2.12. The molecule has 18 heavy (non-hydrogen) atoms. The molecule has 0 aliphatic carbocycles. The average Bonchev–Trinajstić information content (AvgIpc) is 2.82. The molecule has 0 radical (unpaired) electrons. The number of hydrogen-bond donors (Lipinski definition) is 1. The fourth-order valence-electron chi connectivity index (χ4n) is 2.08. The first kappa shape index (κ1) is 10.9. The van der Waals surface area contributed by atoms with E-state index in [9.17, 15) is 0 Å². The van der Waals surface area contributed by atoms with Gasteiger partial charge in [0.05, 0.1) is 11.7 Å². The Kier molecular flexibility index (Phi) is 2.57. The van der Waals surface area contributed by atoms with E-state index in [0.717, 1.165) is 22.3 Å². The van der Waals surface area contributed by atoms with Crippen molar-refractivity contribution in [3.8, 4) is 5.82 Å². The summed E-state index contributed by atoms with van der Waals surface area (Å²) in [4.78, 5) is 4.41. The van der Waals surface area contributed by atoms with E-state index in [-0.39, 0.29) is 6.04 Å². The Labute approximate surface area is 105 Å². The van der Waals surface area contributed by atoms with Crippen LogP contribution in [0.25, 0.3) is 16.7 Å². The van der Waals surface area contributed by atoms with Crippen molar-refractivity contribution in [2.24, 2.45) is 5.73 Å². The number of hydrogen-bond acceptors (Lipinski definition) is 3. The monoisotopic (exact) mass is 238 g/mol. The SMILES string of the molecule is C[C@@H](N)c1cccnc1-n1ncc2ccccc21. The van der Waals surface area contributed by atoms with Crippen molar-refractivity contribution in [3.63, 3.8) is 0 Å². The van der Waals surface area contributed by atoms with Crippen LogP contribution in [0.4, 0.5) is 0 Å². The summed E-state index contributed by atoms with van der Waals surface area (Å²) in [6.07, 6.45) is 3.60. The number of para-hydroxylation sites is 1. The Hall–Kier alpha value is -2.20. The molecule has 0 saturated heterocycles. The molecule has 2 N–H and O–H groups in total. The number of nitrogens with zero attached hydrogens (tertiary/aromatic N) is 3. The molecule has 1 aromatic carbocycles. The molecule has 4 nitrogen and oxygen atoms in total. The zero-order valence-corrected chi connectivity index (χ0v) is 10.1. The Balaban J connectivity index is 2.27. The topological polar surface area (TPSA) is 56.7 Å². The van der Waals surface area contributed by atoms with Crippen LogP contribution >= 0.6 is 0 Å². The van der Waals surface area contributed by atoms with Gasteiger partial charge in [-0.25, -0.2) is 9.67 Å². The van der Waals surface area contributed by atoms with E-state index >= 15 is 0 Å². The molecule has 3 rings (SSSR count). The van der Waals surface area contributed by atoms with Crippen molar-refractivity contribution in [3.05, 3.63) is 54.4 Å². The molecule has 2 aromatic heterocycles. The number of benzene rings is 1. The molecule has 0 spiro atoms. The van der Waals surface area contributed by atoms with Crippen molar-refractivity contribution in [2.45, 2.75) is 13.0 Å². The van der Waals surface area contributed by atoms with E-state index < -0.39 is 0 Å². The Morgan fingerprint density at radius 1 is 1.17 bits per heavy atom. The van der Waals surface area contributed by atoms with Gasteiger partial charge in [0.1, 0.15) is 0 Å². The van der Waals surface area contributed by atoms with Gasteiger partial charge in [0.15, 0.2) is 5.82 Å². The lowest BCUT2D eigenvalue weighted by molar-refractivity contribution is 0.771. The van der Waals surface area contributed by atoms with Gasteiger partial charge in [-0.15, -0.1) is 0 Å². The summed E-state index contributed by atoms with van der Waals surface area (Å²) >= 11 is 0. The summed E-state index contributed by atoms with van der Waals surface area (Å²) in [6, 6.07) is 11.9. The van der Waals surface area contributed by atoms with Gasteiger partial charge < -0.3 is 5.73 Å². The summed E-state index contributed by atoms with van der Waals surface area (Å²) in [5.74, 6) is 0.800. The van der Waals surface area contributed by atoms with Gasteiger partial charge in [0, 0.05) is 23.2 Å². The predicted molar refractivity (Wildman–Crippen MR) is 71.5 cm³/mol. The smallest absolute Gasteiger partial charge is 0.158 e. The molecule has 0 aliphatic heterocycles. The number of nitrogens with two attached hydrogens (primary N) is 1. The average molecular weight is 238 g/mol. The standard InChI is InChI=1S/C14H14N4/c1-10(15)12-6-4-8-16-14(12)18-13-7-3-2-5-11(13)9-17-18/h2-10H,15H2,1H3/t10-/m1/s1. The van der Waals surface area contributed by atoms with Crippen LogP contribution in [0.5, 0.6) is 0 Å². The zero-order valence-electron chi connectivity index (χ0n) is 10.1. The molecule has 2 heterocycles. The maximum absolute atomic E-state index is 5.98. The molecule has 0 bridgehead atoms. The van der Waals surface area contributed by atoms with E-state index in [1.165, 1.54) is 0 Å². The Morgan fingerprint density at radius 2 is 2.00 bits per heavy atom. The molecule has 1 atom stereocenters. The highest BCUT2D eigenvalue weighted by molar-refractivity contribution is 5.80. The fraction of sp³-hybridized carbons (Fsp3) is 0.143. The second kappa shape index (κ2) is 4.23. The molecular formula is C14H14N4. The van der Waals surface area contributed by atoms with Crippen molar-refractivity contribution < 1.29 is 0 Å². The lowest BCUT2D eigenvalue weighted by Crippen LogP contribution is -2.11. The molecule has 0 amide bonds. The second-order valence-corrected chi connectivity index (χ2v) is 4.32. The maximum Gasteiger partial charge on any atom is 0.158 e. The van der Waals surface area contributed by atoms with E-state index in [2.05, 4.69) is 10.1 Å². The van der Waals surface area contributed by atoms with E-state index in [1.807, 2.05) is 54.2 Å². The summed E-state index contributed by atoms with van der Waals surface area (Å²) in [6.45, 7) is 1.95. The Morgan fingerprint density at radius 3 is 2.83 bits per heavy atom. The van der Waals surface area contributed by atoms with Crippen molar-refractivity contribution >= 4 is 10.9 Å². The van der Waals surface area contributed by atoms with Crippen LogP contribution in [0.3, 0.4) is 0 Å². The summed E-state index contributed by atoms with van der Waals surface area (Å²) in [5, 5.41) is 5.50. The predicted octanol–water partition coefficient (Wildman–Crippen LogP) is 2.44. The number of pyridine rings is 1. The minimum absolute atomic E-state index is 0.0725. The van der Waals surface area contributed by atoms with Gasteiger partial charge in [-0.3, -0.25) is 0 Å². The van der Waals surface area contributed by atoms with Crippen LogP contribution in [0.15, 0.2) is 48.8 Å². The van der Waals surface area contributed by atoms with E-state index in [4.69, 9.17) is 5.73 Å². The lowest BCUT2D eigenvalue weighted by atomic mass is 10.1. The first-order chi connectivity index (χ1) is 8.77. The van der Waals surface area contributed by atoms with Gasteiger partial charge in [-0.1, -0.05) is 24.3 Å². The minimum Gasteiger partial charge on any atom is -0.324 e. The highest BCUT2D eigenvalue weighted by Crippen LogP contribution is 2.21. The highest BCUT2D eigenvalue weighted by atomic mass is 15.3. The van der Waals surface area contributed by atoms with Crippen LogP contribution in [0.1, 0.15) is 18.5 Å². The second-order valence-electron chi connectivity index (χ2n) is 4.32. The van der Waals surface area contributed by atoms with Crippen molar-refractivity contribution in [1.29, 1.82) is 0 Å². The summed E-state index contributed by atoms with van der Waals surface area (Å²) < 4.78 is 1.84. The van der Waals surface area contributed by atoms with E-state index in [0.29, 0.717) is 0 Å². The first-order valence-electron chi connectivity index (χ1n) is 5.91. The van der Waals surface area contributed by atoms with Gasteiger partial charge >= 0.3 is 0 Å². The number of aromatic nitrogens is 3. The normalized spacial score (nSPS) is 12.8. The molecular weight excluding hydrogens is 224 g/mol. The number of rotatable bonds is 2. The molecule has 4 heteroatoms. The van der Waals surface area contributed by atoms with Crippen LogP contribution < -0.4 is 5.73 Å². The van der Waals surface area contributed by atoms with Crippen molar-refractivity contribution in [1.82, 2.24) is 14.8 Å². The molecule has 0 fully saturated rings. The fourth-order valence-corrected chi connectivity index (χ4v) is 2.08. The Bertz CT molecular complexity index is 685. The van der Waals surface area contributed by atoms with Crippen LogP contribution in [0.2, 0.25) is 0 Å². The minimum atomic E-state index is -0.0725. The summed E-state index contributed by atoms with van der Waals surface area (Å²) in [7, 11) is 0. The van der Waals surface area contributed by atoms with Crippen LogP contribution in [0, 0.1) is 0 Å². The summed E-state index contributed by atoms with van der Waals surface area (Å²) in [5.41, 5.74) is 8.02. The molecule has 0 saturated carbocycles. The molecule has 90 valence electrons. The van der Waals surface area contributed by atoms with Gasteiger partial charge in [0.25, 0.3) is 0 Å².